The van der Waals surface area contributed by atoms with Crippen molar-refractivity contribution in [2.24, 2.45) is 0 Å². The van der Waals surface area contributed by atoms with Crippen molar-refractivity contribution in [3.8, 4) is 0 Å². The average Bonchev–Trinajstić information content (AvgIpc) is 2.98. The molecule has 1 atom stereocenters. The summed E-state index contributed by atoms with van der Waals surface area (Å²) in [6, 6.07) is 4.04. The van der Waals surface area contributed by atoms with Gasteiger partial charge in [-0.15, -0.1) is 11.8 Å². The summed E-state index contributed by atoms with van der Waals surface area (Å²) in [4.78, 5) is 18.8. The molecule has 0 spiro atoms. The number of pyridine rings is 1. The number of likely N-dealkylation sites (tertiary alicyclic amines) is 1. The molecule has 4 nitrogen and oxygen atoms in total. The molecule has 1 aromatic rings. The van der Waals surface area contributed by atoms with Crippen LogP contribution in [0, 0.1) is 0 Å². The van der Waals surface area contributed by atoms with Gasteiger partial charge in [-0.25, -0.2) is 4.98 Å². The summed E-state index contributed by atoms with van der Waals surface area (Å²) in [5, 5.41) is 3.80. The highest BCUT2D eigenvalue weighted by Gasteiger charge is 2.19. The van der Waals surface area contributed by atoms with Gasteiger partial charge in [0.25, 0.3) is 5.91 Å². The van der Waals surface area contributed by atoms with E-state index in [1.807, 2.05) is 12.3 Å². The third-order valence-electron chi connectivity index (χ3n) is 3.53. The molecule has 0 unspecified atom stereocenters. The van der Waals surface area contributed by atoms with Gasteiger partial charge in [-0.3, -0.25) is 9.69 Å². The van der Waals surface area contributed by atoms with E-state index in [-0.39, 0.29) is 5.91 Å². The SMILES string of the molecule is CSc1ncccc1C(=O)NC[C@H](C)N1CCCC1. The molecule has 1 aromatic heterocycles. The van der Waals surface area contributed by atoms with Crippen molar-refractivity contribution < 1.29 is 4.79 Å². The van der Waals surface area contributed by atoms with E-state index in [0.29, 0.717) is 18.2 Å². The lowest BCUT2D eigenvalue weighted by Gasteiger charge is -2.23. The summed E-state index contributed by atoms with van der Waals surface area (Å²) in [5.41, 5.74) is 0.670. The monoisotopic (exact) mass is 279 g/mol. The molecule has 1 amide bonds. The Kier molecular flexibility index (Phi) is 5.22. The first-order valence-electron chi connectivity index (χ1n) is 6.73. The molecular weight excluding hydrogens is 258 g/mol. The standard InChI is InChI=1S/C14H21N3OS/c1-11(17-8-3-4-9-17)10-16-13(18)12-6-5-7-15-14(12)19-2/h5-7,11H,3-4,8-10H2,1-2H3,(H,16,18)/t11-/m0/s1. The predicted octanol–water partition coefficient (Wildman–Crippen LogP) is 2.02. The van der Waals surface area contributed by atoms with Gasteiger partial charge in [0.05, 0.1) is 5.56 Å². The van der Waals surface area contributed by atoms with Crippen molar-refractivity contribution in [3.05, 3.63) is 23.9 Å². The van der Waals surface area contributed by atoms with Gasteiger partial charge in [0, 0.05) is 18.8 Å². The number of carbonyl (C=O) groups excluding carboxylic acids is 1. The molecule has 104 valence electrons. The van der Waals surface area contributed by atoms with Crippen LogP contribution in [0.2, 0.25) is 0 Å². The molecular formula is C14H21N3OS. The Morgan fingerprint density at radius 2 is 2.26 bits per heavy atom. The Morgan fingerprint density at radius 3 is 2.95 bits per heavy atom. The number of rotatable bonds is 5. The number of thioether (sulfide) groups is 1. The minimum absolute atomic E-state index is 0.0245. The van der Waals surface area contributed by atoms with Crippen molar-refractivity contribution in [2.45, 2.75) is 30.8 Å². The van der Waals surface area contributed by atoms with Crippen molar-refractivity contribution in [3.63, 3.8) is 0 Å². The average molecular weight is 279 g/mol. The fraction of sp³-hybridized carbons (Fsp3) is 0.571. The number of hydrogen-bond acceptors (Lipinski definition) is 4. The molecule has 1 aliphatic rings. The highest BCUT2D eigenvalue weighted by molar-refractivity contribution is 7.98. The molecule has 0 aromatic carbocycles. The third-order valence-corrected chi connectivity index (χ3v) is 4.24. The zero-order valence-electron chi connectivity index (χ0n) is 11.6. The van der Waals surface area contributed by atoms with Gasteiger partial charge in [0.15, 0.2) is 0 Å². The third kappa shape index (κ3) is 3.70. The molecule has 5 heteroatoms. The fourth-order valence-corrected chi connectivity index (χ4v) is 2.92. The Balaban J connectivity index is 1.90. The molecule has 19 heavy (non-hydrogen) atoms. The number of amides is 1. The Labute approximate surface area is 119 Å². The summed E-state index contributed by atoms with van der Waals surface area (Å²) in [6.07, 6.45) is 6.20. The van der Waals surface area contributed by atoms with Gasteiger partial charge < -0.3 is 5.32 Å². The molecule has 0 saturated carbocycles. The van der Waals surface area contributed by atoms with E-state index in [0.717, 1.165) is 18.1 Å². The quantitative estimate of drug-likeness (QED) is 0.838. The minimum atomic E-state index is -0.0245. The number of hydrogen-bond donors (Lipinski definition) is 1. The number of carbonyl (C=O) groups is 1. The van der Waals surface area contributed by atoms with Crippen molar-refractivity contribution in [1.82, 2.24) is 15.2 Å². The van der Waals surface area contributed by atoms with Gasteiger partial charge in [0.1, 0.15) is 5.03 Å². The van der Waals surface area contributed by atoms with Gasteiger partial charge in [0.2, 0.25) is 0 Å². The van der Waals surface area contributed by atoms with Crippen LogP contribution in [0.3, 0.4) is 0 Å². The normalized spacial score (nSPS) is 17.4. The van der Waals surface area contributed by atoms with E-state index in [4.69, 9.17) is 0 Å². The second-order valence-corrected chi connectivity index (χ2v) is 5.66. The van der Waals surface area contributed by atoms with Crippen LogP contribution in [-0.4, -0.2) is 47.7 Å². The largest absolute Gasteiger partial charge is 0.350 e. The molecule has 0 aliphatic carbocycles. The van der Waals surface area contributed by atoms with Crippen LogP contribution in [0.1, 0.15) is 30.1 Å². The molecule has 0 bridgehead atoms. The van der Waals surface area contributed by atoms with Gasteiger partial charge in [-0.2, -0.15) is 0 Å². The summed E-state index contributed by atoms with van der Waals surface area (Å²) in [5.74, 6) is -0.0245. The lowest BCUT2D eigenvalue weighted by molar-refractivity contribution is 0.0936. The molecule has 1 fully saturated rings. The molecule has 1 aliphatic heterocycles. The van der Waals surface area contributed by atoms with Crippen LogP contribution >= 0.6 is 11.8 Å². The lowest BCUT2D eigenvalue weighted by Crippen LogP contribution is -2.40. The van der Waals surface area contributed by atoms with Crippen molar-refractivity contribution in [2.75, 3.05) is 25.9 Å². The highest BCUT2D eigenvalue weighted by atomic mass is 32.2. The summed E-state index contributed by atoms with van der Waals surface area (Å²) < 4.78 is 0. The molecule has 0 radical (unpaired) electrons. The first kappa shape index (κ1) is 14.3. The minimum Gasteiger partial charge on any atom is -0.350 e. The van der Waals surface area contributed by atoms with E-state index < -0.39 is 0 Å². The number of nitrogens with one attached hydrogen (secondary N) is 1. The first-order valence-corrected chi connectivity index (χ1v) is 7.96. The lowest BCUT2D eigenvalue weighted by atomic mass is 10.2. The molecule has 2 heterocycles. The maximum Gasteiger partial charge on any atom is 0.254 e. The molecule has 1 saturated heterocycles. The highest BCUT2D eigenvalue weighted by Crippen LogP contribution is 2.16. The molecule has 1 N–H and O–H groups in total. The summed E-state index contributed by atoms with van der Waals surface area (Å²) >= 11 is 1.50. The van der Waals surface area contributed by atoms with E-state index in [2.05, 4.69) is 22.1 Å². The smallest absolute Gasteiger partial charge is 0.254 e. The van der Waals surface area contributed by atoms with Crippen LogP contribution in [0.5, 0.6) is 0 Å². The van der Waals surface area contributed by atoms with Crippen molar-refractivity contribution >= 4 is 17.7 Å². The van der Waals surface area contributed by atoms with Gasteiger partial charge >= 0.3 is 0 Å². The van der Waals surface area contributed by atoms with Crippen LogP contribution in [0.4, 0.5) is 0 Å². The summed E-state index contributed by atoms with van der Waals surface area (Å²) in [7, 11) is 0. The van der Waals surface area contributed by atoms with Gasteiger partial charge in [-0.1, -0.05) is 0 Å². The first-order chi connectivity index (χ1) is 9.22. The number of aromatic nitrogens is 1. The van der Waals surface area contributed by atoms with E-state index in [1.54, 1.807) is 12.3 Å². The van der Waals surface area contributed by atoms with E-state index >= 15 is 0 Å². The van der Waals surface area contributed by atoms with E-state index in [9.17, 15) is 4.79 Å². The number of nitrogens with zero attached hydrogens (tertiary/aromatic N) is 2. The van der Waals surface area contributed by atoms with Crippen molar-refractivity contribution in [1.29, 1.82) is 0 Å². The topological polar surface area (TPSA) is 45.2 Å². The Bertz CT molecular complexity index is 432. The van der Waals surface area contributed by atoms with E-state index in [1.165, 1.54) is 24.6 Å². The van der Waals surface area contributed by atoms with Crippen LogP contribution < -0.4 is 5.32 Å². The van der Waals surface area contributed by atoms with Crippen LogP contribution in [0.15, 0.2) is 23.4 Å². The summed E-state index contributed by atoms with van der Waals surface area (Å²) in [6.45, 7) is 5.17. The Morgan fingerprint density at radius 1 is 1.53 bits per heavy atom. The predicted molar refractivity (Wildman–Crippen MR) is 78.6 cm³/mol. The maximum atomic E-state index is 12.2. The van der Waals surface area contributed by atoms with Gasteiger partial charge in [-0.05, 0) is 51.2 Å². The fourth-order valence-electron chi connectivity index (χ4n) is 2.37. The second-order valence-electron chi connectivity index (χ2n) is 4.86. The van der Waals surface area contributed by atoms with Crippen LogP contribution in [-0.2, 0) is 0 Å². The zero-order chi connectivity index (χ0) is 13.7. The zero-order valence-corrected chi connectivity index (χ0v) is 12.4. The Hall–Kier alpha value is -1.07. The molecule has 2 rings (SSSR count). The second kappa shape index (κ2) is 6.91. The van der Waals surface area contributed by atoms with Crippen LogP contribution in [0.25, 0.3) is 0 Å². The maximum absolute atomic E-state index is 12.2.